The van der Waals surface area contributed by atoms with Crippen molar-refractivity contribution in [3.05, 3.63) is 54.0 Å². The third kappa shape index (κ3) is 3.11. The van der Waals surface area contributed by atoms with Crippen LogP contribution < -0.4 is 5.32 Å². The predicted octanol–water partition coefficient (Wildman–Crippen LogP) is 3.00. The fraction of sp³-hybridized carbons (Fsp3) is 0.176. The Morgan fingerprint density at radius 1 is 1.22 bits per heavy atom. The van der Waals surface area contributed by atoms with E-state index in [0.29, 0.717) is 5.69 Å². The van der Waals surface area contributed by atoms with Crippen molar-refractivity contribution >= 4 is 17.5 Å². The number of hydrogen-bond donors (Lipinski definition) is 1. The van der Waals surface area contributed by atoms with Gasteiger partial charge >= 0.3 is 0 Å². The van der Waals surface area contributed by atoms with Gasteiger partial charge in [0.25, 0.3) is 5.91 Å². The summed E-state index contributed by atoms with van der Waals surface area (Å²) >= 11 is 0. The van der Waals surface area contributed by atoms with E-state index in [-0.39, 0.29) is 11.9 Å². The molecule has 3 heterocycles. The van der Waals surface area contributed by atoms with Gasteiger partial charge in [-0.3, -0.25) is 14.5 Å². The van der Waals surface area contributed by atoms with Crippen LogP contribution in [-0.4, -0.2) is 25.3 Å². The molecule has 0 atom stereocenters. The largest absolute Gasteiger partial charge is 0.298 e. The van der Waals surface area contributed by atoms with Crippen LogP contribution in [0.3, 0.4) is 0 Å². The summed E-state index contributed by atoms with van der Waals surface area (Å²) in [5.41, 5.74) is 4.24. The molecule has 0 aromatic carbocycles. The Morgan fingerprint density at radius 3 is 2.83 bits per heavy atom. The summed E-state index contributed by atoms with van der Waals surface area (Å²) < 4.78 is 1.97. The summed E-state index contributed by atoms with van der Waals surface area (Å²) in [6.45, 7) is 5.66. The number of pyridine rings is 1. The van der Waals surface area contributed by atoms with Crippen LogP contribution in [0, 0.1) is 6.92 Å². The second-order valence-electron chi connectivity index (χ2n) is 5.45. The molecule has 0 radical (unpaired) electrons. The van der Waals surface area contributed by atoms with Gasteiger partial charge < -0.3 is 0 Å². The molecule has 0 saturated heterocycles. The molecule has 0 aliphatic carbocycles. The molecule has 3 rings (SSSR count). The van der Waals surface area contributed by atoms with E-state index >= 15 is 0 Å². The molecule has 6 heteroatoms. The lowest BCUT2D eigenvalue weighted by Gasteiger charge is -2.05. The summed E-state index contributed by atoms with van der Waals surface area (Å²) in [5.74, 6) is 0.0345. The summed E-state index contributed by atoms with van der Waals surface area (Å²) in [6.07, 6.45) is 5.08. The number of amides is 1. The van der Waals surface area contributed by atoms with Crippen LogP contribution in [0.4, 0.5) is 5.95 Å². The first-order valence-corrected chi connectivity index (χ1v) is 7.27. The number of fused-ring (bicyclic) bond motifs is 1. The van der Waals surface area contributed by atoms with Crippen molar-refractivity contribution < 1.29 is 4.79 Å². The van der Waals surface area contributed by atoms with E-state index in [1.54, 1.807) is 12.3 Å². The molecular formula is C17H17N5O. The van der Waals surface area contributed by atoms with Gasteiger partial charge in [0.2, 0.25) is 5.95 Å². The SMILES string of the molecule is CC(C)=CC(=O)Nc1nccc(-c2c(C)nc3ccccn23)n1. The topological polar surface area (TPSA) is 72.2 Å². The molecule has 0 bridgehead atoms. The highest BCUT2D eigenvalue weighted by Crippen LogP contribution is 2.23. The minimum atomic E-state index is -0.239. The quantitative estimate of drug-likeness (QED) is 0.755. The van der Waals surface area contributed by atoms with Gasteiger partial charge in [-0.05, 0) is 39.0 Å². The summed E-state index contributed by atoms with van der Waals surface area (Å²) in [6, 6.07) is 7.63. The normalized spacial score (nSPS) is 10.6. The first-order valence-electron chi connectivity index (χ1n) is 7.27. The Morgan fingerprint density at radius 2 is 2.04 bits per heavy atom. The van der Waals surface area contributed by atoms with Crippen molar-refractivity contribution in [2.75, 3.05) is 5.32 Å². The number of hydrogen-bond acceptors (Lipinski definition) is 4. The van der Waals surface area contributed by atoms with Crippen LogP contribution >= 0.6 is 0 Å². The van der Waals surface area contributed by atoms with Crippen LogP contribution in [0.25, 0.3) is 17.0 Å². The zero-order valence-electron chi connectivity index (χ0n) is 13.2. The number of rotatable bonds is 3. The lowest BCUT2D eigenvalue weighted by molar-refractivity contribution is -0.112. The lowest BCUT2D eigenvalue weighted by Crippen LogP contribution is -2.11. The van der Waals surface area contributed by atoms with Crippen molar-refractivity contribution in [3.8, 4) is 11.4 Å². The molecule has 0 saturated carbocycles. The molecule has 0 unspecified atom stereocenters. The van der Waals surface area contributed by atoms with Crippen molar-refractivity contribution in [2.45, 2.75) is 20.8 Å². The number of imidazole rings is 1. The first-order chi connectivity index (χ1) is 11.0. The number of anilines is 1. The molecule has 0 spiro atoms. The van der Waals surface area contributed by atoms with Crippen LogP contribution in [0.1, 0.15) is 19.5 Å². The third-order valence-corrected chi connectivity index (χ3v) is 3.26. The number of nitrogens with one attached hydrogen (secondary N) is 1. The Bertz CT molecular complexity index is 906. The van der Waals surface area contributed by atoms with E-state index in [1.165, 1.54) is 6.08 Å². The van der Waals surface area contributed by atoms with Gasteiger partial charge in [0.15, 0.2) is 0 Å². The smallest absolute Gasteiger partial charge is 0.250 e. The average Bonchev–Trinajstić information content (AvgIpc) is 2.82. The Hall–Kier alpha value is -3.02. The van der Waals surface area contributed by atoms with E-state index in [9.17, 15) is 4.79 Å². The van der Waals surface area contributed by atoms with Crippen LogP contribution in [0.2, 0.25) is 0 Å². The number of aromatic nitrogens is 4. The molecule has 1 amide bonds. The Kier molecular flexibility index (Phi) is 3.89. The molecule has 0 aliphatic rings. The van der Waals surface area contributed by atoms with Gasteiger partial charge in [-0.25, -0.2) is 15.0 Å². The highest BCUT2D eigenvalue weighted by atomic mass is 16.1. The maximum Gasteiger partial charge on any atom is 0.250 e. The number of carbonyl (C=O) groups is 1. The lowest BCUT2D eigenvalue weighted by atomic mass is 10.2. The van der Waals surface area contributed by atoms with Gasteiger partial charge in [0.1, 0.15) is 5.65 Å². The molecule has 0 fully saturated rings. The zero-order chi connectivity index (χ0) is 16.4. The van der Waals surface area contributed by atoms with Crippen LogP contribution in [-0.2, 0) is 4.79 Å². The van der Waals surface area contributed by atoms with Crippen molar-refractivity contribution in [1.82, 2.24) is 19.4 Å². The summed E-state index contributed by atoms with van der Waals surface area (Å²) in [4.78, 5) is 24.9. The van der Waals surface area contributed by atoms with E-state index in [2.05, 4.69) is 20.3 Å². The Labute approximate surface area is 133 Å². The maximum absolute atomic E-state index is 11.8. The van der Waals surface area contributed by atoms with Crippen LogP contribution in [0.5, 0.6) is 0 Å². The van der Waals surface area contributed by atoms with Gasteiger partial charge in [-0.2, -0.15) is 0 Å². The van der Waals surface area contributed by atoms with E-state index < -0.39 is 0 Å². The van der Waals surface area contributed by atoms with Crippen molar-refractivity contribution in [2.24, 2.45) is 0 Å². The molecule has 1 N–H and O–H groups in total. The fourth-order valence-electron chi connectivity index (χ4n) is 2.38. The van der Waals surface area contributed by atoms with Gasteiger partial charge in [-0.15, -0.1) is 0 Å². The molecule has 116 valence electrons. The molecule has 6 nitrogen and oxygen atoms in total. The Balaban J connectivity index is 2.01. The van der Waals surface area contributed by atoms with E-state index in [0.717, 1.165) is 22.6 Å². The molecule has 0 aliphatic heterocycles. The van der Waals surface area contributed by atoms with Gasteiger partial charge in [-0.1, -0.05) is 11.6 Å². The average molecular weight is 307 g/mol. The summed E-state index contributed by atoms with van der Waals surface area (Å²) in [7, 11) is 0. The second-order valence-corrected chi connectivity index (χ2v) is 5.45. The highest BCUT2D eigenvalue weighted by Gasteiger charge is 2.13. The molecular weight excluding hydrogens is 290 g/mol. The standard InChI is InChI=1S/C17H17N5O/c1-11(2)10-15(23)21-17-18-8-7-13(20-17)16-12(3)19-14-6-4-5-9-22(14)16/h4-10H,1-3H3,(H,18,20,21,23). The number of nitrogens with zero attached hydrogens (tertiary/aromatic N) is 4. The zero-order valence-corrected chi connectivity index (χ0v) is 13.2. The van der Waals surface area contributed by atoms with Crippen molar-refractivity contribution in [1.29, 1.82) is 0 Å². The van der Waals surface area contributed by atoms with E-state index in [1.807, 2.05) is 49.6 Å². The van der Waals surface area contributed by atoms with Gasteiger partial charge in [0.05, 0.1) is 17.1 Å². The number of carbonyl (C=O) groups excluding carboxylic acids is 1. The number of aryl methyl sites for hydroxylation is 1. The predicted molar refractivity (Wildman–Crippen MR) is 89.0 cm³/mol. The summed E-state index contributed by atoms with van der Waals surface area (Å²) in [5, 5.41) is 2.68. The second kappa shape index (κ2) is 6.00. The highest BCUT2D eigenvalue weighted by molar-refractivity contribution is 5.98. The first kappa shape index (κ1) is 14.9. The van der Waals surface area contributed by atoms with Gasteiger partial charge in [0, 0.05) is 18.5 Å². The molecule has 3 aromatic rings. The van der Waals surface area contributed by atoms with E-state index in [4.69, 9.17) is 0 Å². The molecule has 3 aromatic heterocycles. The number of allylic oxidation sites excluding steroid dienone is 1. The van der Waals surface area contributed by atoms with Crippen LogP contribution in [0.15, 0.2) is 48.3 Å². The minimum Gasteiger partial charge on any atom is -0.298 e. The molecule has 23 heavy (non-hydrogen) atoms. The monoisotopic (exact) mass is 307 g/mol. The fourth-order valence-corrected chi connectivity index (χ4v) is 2.38. The maximum atomic E-state index is 11.8. The third-order valence-electron chi connectivity index (χ3n) is 3.26. The van der Waals surface area contributed by atoms with Crippen molar-refractivity contribution in [3.63, 3.8) is 0 Å². The minimum absolute atomic E-state index is 0.239.